The van der Waals surface area contributed by atoms with E-state index < -0.39 is 0 Å². The summed E-state index contributed by atoms with van der Waals surface area (Å²) in [4.78, 5) is 19.6. The molecular weight excluding hydrogens is 435 g/mol. The van der Waals surface area contributed by atoms with Gasteiger partial charge in [-0.15, -0.1) is 24.8 Å². The van der Waals surface area contributed by atoms with E-state index in [0.29, 0.717) is 38.8 Å². The Bertz CT molecular complexity index is 867. The summed E-state index contributed by atoms with van der Waals surface area (Å²) in [6, 6.07) is 8.23. The molecule has 6 nitrogen and oxygen atoms in total. The van der Waals surface area contributed by atoms with Gasteiger partial charge in [0.15, 0.2) is 0 Å². The number of amides is 2. The number of anilines is 1. The number of benzene rings is 1. The van der Waals surface area contributed by atoms with E-state index in [1.807, 2.05) is 6.92 Å². The molecule has 0 saturated carbocycles. The number of nitrogens with one attached hydrogen (secondary N) is 1. The maximum absolute atomic E-state index is 12.9. The highest BCUT2D eigenvalue weighted by molar-refractivity contribution is 5.96. The van der Waals surface area contributed by atoms with E-state index >= 15 is 0 Å². The number of halogens is 2. The second-order valence-corrected chi connectivity index (χ2v) is 8.07. The number of urea groups is 1. The second-order valence-electron chi connectivity index (χ2n) is 8.07. The van der Waals surface area contributed by atoms with E-state index in [2.05, 4.69) is 50.4 Å². The molecule has 0 spiro atoms. The minimum atomic E-state index is -0.119. The van der Waals surface area contributed by atoms with Crippen LogP contribution in [0.5, 0.6) is 0 Å². The molecule has 0 bridgehead atoms. The number of nitrogens with zero attached hydrogens (tertiary/aromatic N) is 2. The largest absolute Gasteiger partial charge is 0.378 e. The smallest absolute Gasteiger partial charge is 0.322 e. The summed E-state index contributed by atoms with van der Waals surface area (Å²) >= 11 is 0. The molecule has 1 aromatic carbocycles. The van der Waals surface area contributed by atoms with Crippen LogP contribution in [0.2, 0.25) is 0 Å². The van der Waals surface area contributed by atoms with Crippen molar-refractivity contribution in [2.45, 2.75) is 40.7 Å². The number of aromatic nitrogens is 1. The van der Waals surface area contributed by atoms with Crippen LogP contribution in [0.1, 0.15) is 36.4 Å². The van der Waals surface area contributed by atoms with Gasteiger partial charge in [0.2, 0.25) is 0 Å². The molecule has 31 heavy (non-hydrogen) atoms. The van der Waals surface area contributed by atoms with Crippen molar-refractivity contribution in [3.05, 3.63) is 46.8 Å². The summed E-state index contributed by atoms with van der Waals surface area (Å²) in [5, 5.41) is 3.13. The number of morpholine rings is 1. The van der Waals surface area contributed by atoms with Gasteiger partial charge in [-0.25, -0.2) is 4.79 Å². The first-order chi connectivity index (χ1) is 13.9. The highest BCUT2D eigenvalue weighted by Crippen LogP contribution is 2.36. The lowest BCUT2D eigenvalue weighted by Crippen LogP contribution is -2.43. The summed E-state index contributed by atoms with van der Waals surface area (Å²) in [6.07, 6.45) is 0.851. The Morgan fingerprint density at radius 3 is 2.32 bits per heavy atom. The number of hydrogen-bond donors (Lipinski definition) is 2. The van der Waals surface area contributed by atoms with Crippen LogP contribution in [-0.4, -0.2) is 42.2 Å². The molecule has 2 aromatic rings. The zero-order valence-electron chi connectivity index (χ0n) is 18.7. The number of aryl methyl sites for hydroxylation is 2. The Hall–Kier alpha value is -1.86. The molecule has 3 N–H and O–H groups in total. The Labute approximate surface area is 197 Å². The predicted octanol–water partition coefficient (Wildman–Crippen LogP) is 4.73. The average molecular weight is 469 g/mol. The SMILES string of the molecule is Cc1ccc(-c2c(CN)c(CC(C)C)nc(C)c2NC(=O)N2CCOCC2)cc1.Cl.Cl. The predicted molar refractivity (Wildman–Crippen MR) is 131 cm³/mol. The fourth-order valence-corrected chi connectivity index (χ4v) is 3.72. The maximum atomic E-state index is 12.9. The van der Waals surface area contributed by atoms with Crippen LogP contribution in [0.4, 0.5) is 10.5 Å². The van der Waals surface area contributed by atoms with Crippen molar-refractivity contribution in [3.63, 3.8) is 0 Å². The topological polar surface area (TPSA) is 80.5 Å². The number of hydrogen-bond acceptors (Lipinski definition) is 4. The molecule has 0 atom stereocenters. The van der Waals surface area contributed by atoms with Gasteiger partial charge in [-0.05, 0) is 37.3 Å². The zero-order valence-corrected chi connectivity index (χ0v) is 20.4. The van der Waals surface area contributed by atoms with Gasteiger partial charge in [0.1, 0.15) is 0 Å². The van der Waals surface area contributed by atoms with Crippen molar-refractivity contribution in [3.8, 4) is 11.1 Å². The number of rotatable bonds is 5. The van der Waals surface area contributed by atoms with Crippen LogP contribution in [0.25, 0.3) is 11.1 Å². The summed E-state index contributed by atoms with van der Waals surface area (Å²) in [5.74, 6) is 0.465. The first-order valence-corrected chi connectivity index (χ1v) is 10.3. The van der Waals surface area contributed by atoms with Crippen molar-refractivity contribution >= 4 is 36.5 Å². The van der Waals surface area contributed by atoms with Gasteiger partial charge < -0.3 is 20.7 Å². The number of pyridine rings is 1. The molecule has 3 rings (SSSR count). The molecule has 1 saturated heterocycles. The lowest BCUT2D eigenvalue weighted by Gasteiger charge is -2.28. The van der Waals surface area contributed by atoms with Crippen molar-refractivity contribution in [1.29, 1.82) is 0 Å². The van der Waals surface area contributed by atoms with E-state index in [1.54, 1.807) is 4.90 Å². The van der Waals surface area contributed by atoms with Gasteiger partial charge in [-0.1, -0.05) is 43.7 Å². The van der Waals surface area contributed by atoms with Crippen molar-refractivity contribution < 1.29 is 9.53 Å². The van der Waals surface area contributed by atoms with Crippen molar-refractivity contribution in [2.24, 2.45) is 11.7 Å². The molecule has 1 aromatic heterocycles. The third kappa shape index (κ3) is 6.56. The summed E-state index contributed by atoms with van der Waals surface area (Å²) in [7, 11) is 0. The van der Waals surface area contributed by atoms with E-state index in [4.69, 9.17) is 15.5 Å². The first kappa shape index (κ1) is 27.2. The molecular formula is C23H34Cl2N4O2. The second kappa shape index (κ2) is 12.2. The number of carbonyl (C=O) groups is 1. The van der Waals surface area contributed by atoms with Gasteiger partial charge in [0, 0.05) is 30.9 Å². The van der Waals surface area contributed by atoms with Gasteiger partial charge in [0.25, 0.3) is 0 Å². The highest BCUT2D eigenvalue weighted by Gasteiger charge is 2.23. The van der Waals surface area contributed by atoms with Gasteiger partial charge >= 0.3 is 6.03 Å². The lowest BCUT2D eigenvalue weighted by atomic mass is 9.92. The fourth-order valence-electron chi connectivity index (χ4n) is 3.72. The van der Waals surface area contributed by atoms with E-state index in [0.717, 1.165) is 40.2 Å². The summed E-state index contributed by atoms with van der Waals surface area (Å²) < 4.78 is 5.37. The Morgan fingerprint density at radius 1 is 1.16 bits per heavy atom. The molecule has 1 aliphatic heterocycles. The Balaban J connectivity index is 0.00000240. The molecule has 0 radical (unpaired) electrons. The van der Waals surface area contributed by atoms with Crippen LogP contribution < -0.4 is 11.1 Å². The fraction of sp³-hybridized carbons (Fsp3) is 0.478. The van der Waals surface area contributed by atoms with Crippen LogP contribution in [0, 0.1) is 19.8 Å². The van der Waals surface area contributed by atoms with Crippen LogP contribution >= 0.6 is 24.8 Å². The van der Waals surface area contributed by atoms with Crippen molar-refractivity contribution in [1.82, 2.24) is 9.88 Å². The molecule has 8 heteroatoms. The maximum Gasteiger partial charge on any atom is 0.322 e. The molecule has 2 heterocycles. The van der Waals surface area contributed by atoms with E-state index in [1.165, 1.54) is 5.56 Å². The van der Waals surface area contributed by atoms with E-state index in [-0.39, 0.29) is 30.8 Å². The molecule has 0 unspecified atom stereocenters. The van der Waals surface area contributed by atoms with Gasteiger partial charge in [-0.2, -0.15) is 0 Å². The summed E-state index contributed by atoms with van der Waals surface area (Å²) in [5.41, 5.74) is 13.0. The highest BCUT2D eigenvalue weighted by atomic mass is 35.5. The zero-order chi connectivity index (χ0) is 21.0. The monoisotopic (exact) mass is 468 g/mol. The Morgan fingerprint density at radius 2 is 1.77 bits per heavy atom. The lowest BCUT2D eigenvalue weighted by molar-refractivity contribution is 0.0564. The number of carbonyl (C=O) groups excluding carboxylic acids is 1. The Kier molecular flexibility index (Phi) is 10.7. The van der Waals surface area contributed by atoms with Gasteiger partial charge in [0.05, 0.1) is 24.6 Å². The molecule has 1 fully saturated rings. The van der Waals surface area contributed by atoms with Crippen molar-refractivity contribution in [2.75, 3.05) is 31.6 Å². The van der Waals surface area contributed by atoms with Crippen LogP contribution in [-0.2, 0) is 17.7 Å². The molecule has 172 valence electrons. The molecule has 0 aliphatic carbocycles. The third-order valence-corrected chi connectivity index (χ3v) is 5.24. The van der Waals surface area contributed by atoms with Gasteiger partial charge in [-0.3, -0.25) is 4.98 Å². The standard InChI is InChI=1S/C23H32N4O2.2ClH/c1-15(2)13-20-19(14-24)21(18-7-5-16(3)6-8-18)22(17(4)25-20)26-23(28)27-9-11-29-12-10-27;;/h5-8,15H,9-14,24H2,1-4H3,(H,26,28);2*1H. The minimum absolute atomic E-state index is 0. The quantitative estimate of drug-likeness (QED) is 0.664. The number of nitrogens with two attached hydrogens (primary N) is 1. The molecule has 2 amide bonds. The van der Waals surface area contributed by atoms with E-state index in [9.17, 15) is 4.79 Å². The summed E-state index contributed by atoms with van der Waals surface area (Å²) in [6.45, 7) is 11.1. The normalized spacial score (nSPS) is 13.4. The average Bonchev–Trinajstić information content (AvgIpc) is 2.70. The third-order valence-electron chi connectivity index (χ3n) is 5.24. The molecule has 1 aliphatic rings. The first-order valence-electron chi connectivity index (χ1n) is 10.3. The minimum Gasteiger partial charge on any atom is -0.378 e. The van der Waals surface area contributed by atoms with Crippen LogP contribution in [0.3, 0.4) is 0 Å². The van der Waals surface area contributed by atoms with Crippen LogP contribution in [0.15, 0.2) is 24.3 Å². The number of ether oxygens (including phenoxy) is 1.